The van der Waals surface area contributed by atoms with Crippen LogP contribution in [0.1, 0.15) is 11.9 Å². The van der Waals surface area contributed by atoms with Crippen LogP contribution < -0.4 is 5.32 Å². The van der Waals surface area contributed by atoms with Crippen molar-refractivity contribution in [1.82, 2.24) is 25.0 Å². The van der Waals surface area contributed by atoms with E-state index in [0.717, 1.165) is 16.4 Å². The second-order valence-electron chi connectivity index (χ2n) is 5.45. The maximum atomic E-state index is 12.4. The van der Waals surface area contributed by atoms with Crippen LogP contribution in [0.15, 0.2) is 48.1 Å². The molecule has 0 spiro atoms. The van der Waals surface area contributed by atoms with E-state index < -0.39 is 0 Å². The quantitative estimate of drug-likeness (QED) is 0.495. The summed E-state index contributed by atoms with van der Waals surface area (Å²) >= 11 is 2.69. The summed E-state index contributed by atoms with van der Waals surface area (Å²) < 4.78 is 1.95. The van der Waals surface area contributed by atoms with Gasteiger partial charge in [-0.2, -0.15) is 0 Å². The lowest BCUT2D eigenvalue weighted by Gasteiger charge is -2.11. The Labute approximate surface area is 159 Å². The zero-order valence-corrected chi connectivity index (χ0v) is 16.0. The molecular formula is C17H18N6OS2. The lowest BCUT2D eigenvalue weighted by Crippen LogP contribution is -2.22. The molecule has 0 saturated heterocycles. The number of hydrogen-bond donors (Lipinski definition) is 1. The van der Waals surface area contributed by atoms with Crippen molar-refractivity contribution in [2.24, 2.45) is 0 Å². The van der Waals surface area contributed by atoms with Gasteiger partial charge in [-0.05, 0) is 13.8 Å². The molecule has 7 nitrogen and oxygen atoms in total. The Morgan fingerprint density at radius 1 is 1.31 bits per heavy atom. The summed E-state index contributed by atoms with van der Waals surface area (Å²) in [5.41, 5.74) is 0.968. The number of amides is 1. The lowest BCUT2D eigenvalue weighted by molar-refractivity contribution is -0.115. The van der Waals surface area contributed by atoms with Crippen molar-refractivity contribution >= 4 is 34.1 Å². The Bertz CT molecular complexity index is 905. The minimum atomic E-state index is -0.365. The van der Waals surface area contributed by atoms with E-state index in [9.17, 15) is 4.79 Å². The van der Waals surface area contributed by atoms with Gasteiger partial charge in [0.2, 0.25) is 11.0 Å². The van der Waals surface area contributed by atoms with Gasteiger partial charge in [0.25, 0.3) is 0 Å². The summed E-state index contributed by atoms with van der Waals surface area (Å²) in [6.07, 6.45) is 1.79. The predicted molar refractivity (Wildman–Crippen MR) is 104 cm³/mol. The van der Waals surface area contributed by atoms with Crippen LogP contribution in [0.2, 0.25) is 0 Å². The number of carbonyl (C=O) groups excluding carboxylic acids is 1. The first-order valence-corrected chi connectivity index (χ1v) is 9.65. The van der Waals surface area contributed by atoms with E-state index in [-0.39, 0.29) is 11.2 Å². The molecule has 3 rings (SSSR count). The highest BCUT2D eigenvalue weighted by Crippen LogP contribution is 2.27. The summed E-state index contributed by atoms with van der Waals surface area (Å²) in [4.78, 5) is 12.4. The van der Waals surface area contributed by atoms with Crippen LogP contribution in [0, 0.1) is 6.92 Å². The first-order chi connectivity index (χ1) is 12.6. The summed E-state index contributed by atoms with van der Waals surface area (Å²) in [5.74, 6) is 0.598. The van der Waals surface area contributed by atoms with Gasteiger partial charge in [0.15, 0.2) is 11.0 Å². The number of allylic oxidation sites excluding steroid dienone is 1. The fourth-order valence-electron chi connectivity index (χ4n) is 2.24. The monoisotopic (exact) mass is 386 g/mol. The Balaban J connectivity index is 1.77. The van der Waals surface area contributed by atoms with Crippen molar-refractivity contribution in [2.75, 3.05) is 5.32 Å². The molecule has 0 aliphatic rings. The number of carbonyl (C=O) groups is 1. The van der Waals surface area contributed by atoms with E-state index in [1.165, 1.54) is 23.1 Å². The van der Waals surface area contributed by atoms with Gasteiger partial charge in [-0.1, -0.05) is 59.5 Å². The third kappa shape index (κ3) is 4.17. The lowest BCUT2D eigenvalue weighted by atomic mass is 10.2. The second-order valence-corrected chi connectivity index (χ2v) is 7.94. The number of anilines is 1. The van der Waals surface area contributed by atoms with Crippen LogP contribution in [0.25, 0.3) is 11.4 Å². The largest absolute Gasteiger partial charge is 0.300 e. The number of thioether (sulfide) groups is 1. The molecule has 2 aromatic heterocycles. The molecule has 0 bridgehead atoms. The van der Waals surface area contributed by atoms with E-state index in [4.69, 9.17) is 0 Å². The maximum Gasteiger partial charge on any atom is 0.239 e. The first-order valence-electron chi connectivity index (χ1n) is 7.95. The van der Waals surface area contributed by atoms with Gasteiger partial charge < -0.3 is 0 Å². The molecular weight excluding hydrogens is 368 g/mol. The maximum absolute atomic E-state index is 12.4. The van der Waals surface area contributed by atoms with Crippen molar-refractivity contribution in [3.05, 3.63) is 48.0 Å². The molecule has 9 heteroatoms. The van der Waals surface area contributed by atoms with Gasteiger partial charge >= 0.3 is 0 Å². The Morgan fingerprint density at radius 3 is 2.73 bits per heavy atom. The molecule has 2 heterocycles. The molecule has 0 aliphatic heterocycles. The Hall–Kier alpha value is -2.52. The number of nitrogens with zero attached hydrogens (tertiary/aromatic N) is 5. The third-order valence-corrected chi connectivity index (χ3v) is 5.30. The second kappa shape index (κ2) is 8.24. The molecule has 1 atom stereocenters. The molecule has 1 aromatic carbocycles. The third-order valence-electron chi connectivity index (χ3n) is 3.47. The number of rotatable bonds is 7. The van der Waals surface area contributed by atoms with Crippen LogP contribution in [0.4, 0.5) is 5.13 Å². The molecule has 0 aliphatic carbocycles. The van der Waals surface area contributed by atoms with Gasteiger partial charge in [-0.3, -0.25) is 14.7 Å². The van der Waals surface area contributed by atoms with Gasteiger partial charge in [0.1, 0.15) is 5.01 Å². The van der Waals surface area contributed by atoms with Crippen LogP contribution in [0.5, 0.6) is 0 Å². The minimum absolute atomic E-state index is 0.152. The average Bonchev–Trinajstić information content (AvgIpc) is 3.22. The highest BCUT2D eigenvalue weighted by molar-refractivity contribution is 8.00. The van der Waals surface area contributed by atoms with Gasteiger partial charge in [-0.25, -0.2) is 0 Å². The van der Waals surface area contributed by atoms with Crippen molar-refractivity contribution in [3.8, 4) is 11.4 Å². The zero-order chi connectivity index (χ0) is 18.5. The number of benzene rings is 1. The fourth-order valence-corrected chi connectivity index (χ4v) is 3.69. The molecule has 0 fully saturated rings. The van der Waals surface area contributed by atoms with Crippen LogP contribution in [-0.4, -0.2) is 36.1 Å². The van der Waals surface area contributed by atoms with Crippen LogP contribution in [0.3, 0.4) is 0 Å². The van der Waals surface area contributed by atoms with Gasteiger partial charge in [0.05, 0.1) is 5.25 Å². The van der Waals surface area contributed by atoms with Crippen molar-refractivity contribution < 1.29 is 4.79 Å². The number of aromatic nitrogens is 5. The SMILES string of the molecule is C=CCn1c(SC(C)C(=O)Nc2nnc(C)s2)nnc1-c1ccccc1. The zero-order valence-electron chi connectivity index (χ0n) is 14.4. The van der Waals surface area contributed by atoms with Gasteiger partial charge in [-0.15, -0.1) is 27.0 Å². The molecule has 1 amide bonds. The van der Waals surface area contributed by atoms with Gasteiger partial charge in [0, 0.05) is 12.1 Å². The van der Waals surface area contributed by atoms with Crippen molar-refractivity contribution in [2.45, 2.75) is 30.8 Å². The van der Waals surface area contributed by atoms with E-state index in [1.807, 2.05) is 48.7 Å². The molecule has 0 radical (unpaired) electrons. The van der Waals surface area contributed by atoms with Crippen LogP contribution >= 0.6 is 23.1 Å². The molecule has 1 unspecified atom stereocenters. The summed E-state index contributed by atoms with van der Waals surface area (Å²) in [7, 11) is 0. The van der Waals surface area contributed by atoms with Crippen molar-refractivity contribution in [1.29, 1.82) is 0 Å². The molecule has 3 aromatic rings. The van der Waals surface area contributed by atoms with E-state index in [1.54, 1.807) is 6.08 Å². The van der Waals surface area contributed by atoms with E-state index in [0.29, 0.717) is 16.8 Å². The van der Waals surface area contributed by atoms with Crippen LogP contribution in [-0.2, 0) is 11.3 Å². The predicted octanol–water partition coefficient (Wildman–Crippen LogP) is 3.41. The Kier molecular flexibility index (Phi) is 5.79. The first kappa shape index (κ1) is 18.3. The number of nitrogens with one attached hydrogen (secondary N) is 1. The molecule has 0 saturated carbocycles. The smallest absolute Gasteiger partial charge is 0.239 e. The Morgan fingerprint density at radius 2 is 2.08 bits per heavy atom. The standard InChI is InChI=1S/C17H18N6OS2/c1-4-10-23-14(13-8-6-5-7-9-13)20-22-17(23)25-11(2)15(24)18-16-21-19-12(3)26-16/h4-9,11H,1,10H2,2-3H3,(H,18,21,24). The summed E-state index contributed by atoms with van der Waals surface area (Å²) in [6, 6.07) is 9.82. The topological polar surface area (TPSA) is 85.6 Å². The molecule has 1 N–H and O–H groups in total. The highest BCUT2D eigenvalue weighted by atomic mass is 32.2. The highest BCUT2D eigenvalue weighted by Gasteiger charge is 2.21. The average molecular weight is 387 g/mol. The minimum Gasteiger partial charge on any atom is -0.300 e. The number of aryl methyl sites for hydroxylation is 1. The number of hydrogen-bond acceptors (Lipinski definition) is 7. The molecule has 134 valence electrons. The summed E-state index contributed by atoms with van der Waals surface area (Å²) in [5, 5.41) is 20.8. The van der Waals surface area contributed by atoms with E-state index >= 15 is 0 Å². The van der Waals surface area contributed by atoms with E-state index in [2.05, 4.69) is 32.3 Å². The van der Waals surface area contributed by atoms with Crippen molar-refractivity contribution in [3.63, 3.8) is 0 Å². The summed E-state index contributed by atoms with van der Waals surface area (Å²) in [6.45, 7) is 8.03. The normalized spacial score (nSPS) is 11.9. The molecule has 26 heavy (non-hydrogen) atoms. The fraction of sp³-hybridized carbons (Fsp3) is 0.235.